The number of amides is 1. The molecule has 1 aromatic carbocycles. The molecule has 0 radical (unpaired) electrons. The molecule has 1 aliphatic rings. The van der Waals surface area contributed by atoms with Gasteiger partial charge in [0.2, 0.25) is 5.91 Å². The van der Waals surface area contributed by atoms with Gasteiger partial charge < -0.3 is 15.0 Å². The highest BCUT2D eigenvalue weighted by Crippen LogP contribution is 1.98. The van der Waals surface area contributed by atoms with E-state index < -0.39 is 0 Å². The molecule has 1 saturated heterocycles. The molecule has 5 heteroatoms. The first-order valence-corrected chi connectivity index (χ1v) is 6.73. The van der Waals surface area contributed by atoms with Crippen molar-refractivity contribution in [3.63, 3.8) is 0 Å². The molecule has 1 amide bonds. The van der Waals surface area contributed by atoms with E-state index in [4.69, 9.17) is 0 Å². The van der Waals surface area contributed by atoms with Crippen molar-refractivity contribution in [3.05, 3.63) is 35.9 Å². The number of carbonyl (C=O) groups excluding carboxylic acids is 2. The van der Waals surface area contributed by atoms with Crippen LogP contribution in [0.1, 0.15) is 24.2 Å². The molecule has 112 valence electrons. The number of nitrogens with zero attached hydrogens (tertiary/aromatic N) is 1. The Labute approximate surface area is 120 Å². The number of piperazine rings is 1. The van der Waals surface area contributed by atoms with Gasteiger partial charge in [-0.25, -0.2) is 4.79 Å². The monoisotopic (exact) mass is 280 g/mol. The fourth-order valence-electron chi connectivity index (χ4n) is 1.39. The lowest BCUT2D eigenvalue weighted by Gasteiger charge is -2.22. The molecule has 0 aromatic heterocycles. The normalized spacial score (nSPS) is 13.4. The first-order chi connectivity index (χ1) is 9.65. The van der Waals surface area contributed by atoms with E-state index in [1.54, 1.807) is 29.2 Å². The number of ether oxygens (including phenoxy) is 1. The summed E-state index contributed by atoms with van der Waals surface area (Å²) in [6.07, 6.45) is 0. The van der Waals surface area contributed by atoms with Crippen molar-refractivity contribution >= 4 is 11.9 Å². The van der Waals surface area contributed by atoms with Crippen LogP contribution in [0.15, 0.2) is 30.3 Å². The summed E-state index contributed by atoms with van der Waals surface area (Å²) in [5.41, 5.74) is 0.588. The highest BCUT2D eigenvalue weighted by atomic mass is 16.5. The van der Waals surface area contributed by atoms with Crippen LogP contribution in [0.25, 0.3) is 0 Å². The maximum Gasteiger partial charge on any atom is 0.337 e. The van der Waals surface area contributed by atoms with Crippen LogP contribution in [0.3, 0.4) is 0 Å². The molecule has 0 bridgehead atoms. The molecule has 0 spiro atoms. The van der Waals surface area contributed by atoms with Gasteiger partial charge in [-0.15, -0.1) is 0 Å². The minimum Gasteiger partial charge on any atom is -0.465 e. The Morgan fingerprint density at radius 2 is 1.85 bits per heavy atom. The van der Waals surface area contributed by atoms with Crippen LogP contribution in [-0.2, 0) is 9.53 Å². The van der Waals surface area contributed by atoms with E-state index in [-0.39, 0.29) is 11.9 Å². The Morgan fingerprint density at radius 1 is 1.25 bits per heavy atom. The van der Waals surface area contributed by atoms with Crippen molar-refractivity contribution in [2.24, 2.45) is 0 Å². The Bertz CT molecular complexity index is 393. The standard InChI is InChI=1S/C8H8O2.C5H10N2O.C2H6/c1-10-8(9)7-5-3-2-4-6-7;1-7-3-2-6-4-5(7)8;1-2/h2-6H,1H3;6H,2-4H2,1H3;1-2H3. The first-order valence-electron chi connectivity index (χ1n) is 6.73. The number of esters is 1. The number of rotatable bonds is 1. The summed E-state index contributed by atoms with van der Waals surface area (Å²) in [5, 5.41) is 2.97. The summed E-state index contributed by atoms with van der Waals surface area (Å²) in [7, 11) is 3.19. The van der Waals surface area contributed by atoms with Crippen LogP contribution in [0.4, 0.5) is 0 Å². The number of hydrogen-bond acceptors (Lipinski definition) is 4. The zero-order valence-corrected chi connectivity index (χ0v) is 12.7. The van der Waals surface area contributed by atoms with E-state index in [0.717, 1.165) is 13.1 Å². The average molecular weight is 280 g/mol. The van der Waals surface area contributed by atoms with E-state index in [9.17, 15) is 9.59 Å². The molecule has 5 nitrogen and oxygen atoms in total. The summed E-state index contributed by atoms with van der Waals surface area (Å²) >= 11 is 0. The van der Waals surface area contributed by atoms with Crippen LogP contribution in [0.5, 0.6) is 0 Å². The van der Waals surface area contributed by atoms with Crippen molar-refractivity contribution in [3.8, 4) is 0 Å². The van der Waals surface area contributed by atoms with E-state index in [2.05, 4.69) is 10.1 Å². The summed E-state index contributed by atoms with van der Waals surface area (Å²) in [6, 6.07) is 8.88. The van der Waals surface area contributed by atoms with E-state index in [1.165, 1.54) is 7.11 Å². The number of carbonyl (C=O) groups is 2. The predicted molar refractivity (Wildman–Crippen MR) is 79.6 cm³/mol. The third kappa shape index (κ3) is 6.89. The van der Waals surface area contributed by atoms with Crippen molar-refractivity contribution in [1.82, 2.24) is 10.2 Å². The molecular formula is C15H24N2O3. The van der Waals surface area contributed by atoms with Gasteiger partial charge in [0.05, 0.1) is 19.2 Å². The quantitative estimate of drug-likeness (QED) is 0.793. The Kier molecular flexibility index (Phi) is 9.96. The van der Waals surface area contributed by atoms with E-state index in [0.29, 0.717) is 12.1 Å². The van der Waals surface area contributed by atoms with Crippen LogP contribution in [0.2, 0.25) is 0 Å². The molecular weight excluding hydrogens is 256 g/mol. The van der Waals surface area contributed by atoms with Crippen molar-refractivity contribution in [2.75, 3.05) is 33.8 Å². The fourth-order valence-corrected chi connectivity index (χ4v) is 1.39. The van der Waals surface area contributed by atoms with Crippen molar-refractivity contribution in [2.45, 2.75) is 13.8 Å². The minimum absolute atomic E-state index is 0.191. The van der Waals surface area contributed by atoms with Gasteiger partial charge in [0, 0.05) is 20.1 Å². The zero-order chi connectivity index (χ0) is 15.4. The molecule has 1 aromatic rings. The Morgan fingerprint density at radius 3 is 2.25 bits per heavy atom. The molecule has 0 aliphatic carbocycles. The summed E-state index contributed by atoms with van der Waals surface area (Å²) in [6.45, 7) is 6.29. The van der Waals surface area contributed by atoms with Gasteiger partial charge in [0.25, 0.3) is 0 Å². The molecule has 0 atom stereocenters. The average Bonchev–Trinajstić information content (AvgIpc) is 2.53. The molecule has 0 saturated carbocycles. The lowest BCUT2D eigenvalue weighted by Crippen LogP contribution is -2.45. The maximum atomic E-state index is 10.8. The van der Waals surface area contributed by atoms with E-state index in [1.807, 2.05) is 27.0 Å². The fraction of sp³-hybridized carbons (Fsp3) is 0.467. The predicted octanol–water partition coefficient (Wildman–Crippen LogP) is 1.55. The summed E-state index contributed by atoms with van der Waals surface area (Å²) < 4.78 is 4.50. The van der Waals surface area contributed by atoms with Crippen LogP contribution < -0.4 is 5.32 Å². The van der Waals surface area contributed by atoms with Gasteiger partial charge in [0.1, 0.15) is 0 Å². The SMILES string of the molecule is CC.CN1CCNCC1=O.COC(=O)c1ccccc1. The number of nitrogens with one attached hydrogen (secondary N) is 1. The van der Waals surface area contributed by atoms with Gasteiger partial charge in [-0.1, -0.05) is 32.0 Å². The lowest BCUT2D eigenvalue weighted by molar-refractivity contribution is -0.130. The summed E-state index contributed by atoms with van der Waals surface area (Å²) in [5.74, 6) is -0.100. The first kappa shape index (κ1) is 18.1. The van der Waals surface area contributed by atoms with Crippen LogP contribution in [-0.4, -0.2) is 50.6 Å². The Hall–Kier alpha value is -1.88. The minimum atomic E-state index is -0.291. The number of hydrogen-bond donors (Lipinski definition) is 1. The molecule has 20 heavy (non-hydrogen) atoms. The molecule has 1 aliphatic heterocycles. The highest BCUT2D eigenvalue weighted by molar-refractivity contribution is 5.89. The summed E-state index contributed by atoms with van der Waals surface area (Å²) in [4.78, 5) is 23.2. The third-order valence-corrected chi connectivity index (χ3v) is 2.52. The molecule has 1 fully saturated rings. The van der Waals surface area contributed by atoms with Gasteiger partial charge in [-0.3, -0.25) is 4.79 Å². The number of benzene rings is 1. The van der Waals surface area contributed by atoms with Gasteiger partial charge >= 0.3 is 5.97 Å². The molecule has 2 rings (SSSR count). The van der Waals surface area contributed by atoms with Crippen molar-refractivity contribution in [1.29, 1.82) is 0 Å². The highest BCUT2D eigenvalue weighted by Gasteiger charge is 2.11. The van der Waals surface area contributed by atoms with Gasteiger partial charge in [-0.05, 0) is 12.1 Å². The second kappa shape index (κ2) is 11.0. The topological polar surface area (TPSA) is 58.6 Å². The zero-order valence-electron chi connectivity index (χ0n) is 12.7. The molecule has 0 unspecified atom stereocenters. The second-order valence-corrected chi connectivity index (χ2v) is 3.85. The maximum absolute atomic E-state index is 10.8. The smallest absolute Gasteiger partial charge is 0.337 e. The largest absolute Gasteiger partial charge is 0.465 e. The lowest BCUT2D eigenvalue weighted by atomic mass is 10.2. The molecule has 1 N–H and O–H groups in total. The number of methoxy groups -OCH3 is 1. The second-order valence-electron chi connectivity index (χ2n) is 3.85. The van der Waals surface area contributed by atoms with E-state index >= 15 is 0 Å². The van der Waals surface area contributed by atoms with Gasteiger partial charge in [0.15, 0.2) is 0 Å². The van der Waals surface area contributed by atoms with Crippen LogP contribution in [0, 0.1) is 0 Å². The molecule has 1 heterocycles. The Balaban J connectivity index is 0.000000327. The van der Waals surface area contributed by atoms with Crippen LogP contribution >= 0.6 is 0 Å². The third-order valence-electron chi connectivity index (χ3n) is 2.52. The van der Waals surface area contributed by atoms with Gasteiger partial charge in [-0.2, -0.15) is 0 Å². The van der Waals surface area contributed by atoms with Crippen molar-refractivity contribution < 1.29 is 14.3 Å². The number of likely N-dealkylation sites (N-methyl/N-ethyl adjacent to an activating group) is 1.